The molecule has 0 amide bonds. The molecule has 13 aromatic rings. The average molecular weight is 792 g/mol. The van der Waals surface area contributed by atoms with E-state index in [-0.39, 0.29) is 0 Å². The van der Waals surface area contributed by atoms with Crippen LogP contribution in [0.1, 0.15) is 0 Å². The van der Waals surface area contributed by atoms with E-state index >= 15 is 0 Å². The number of benzene rings is 9. The molecule has 0 bridgehead atoms. The van der Waals surface area contributed by atoms with Gasteiger partial charge >= 0.3 is 0 Å². The summed E-state index contributed by atoms with van der Waals surface area (Å²) >= 11 is 0. The fraction of sp³-hybridized carbons (Fsp3) is 0. The summed E-state index contributed by atoms with van der Waals surface area (Å²) in [5, 5.41) is 9.20. The van der Waals surface area contributed by atoms with Gasteiger partial charge in [0, 0.05) is 44.4 Å². The van der Waals surface area contributed by atoms with E-state index in [2.05, 4.69) is 162 Å². The van der Waals surface area contributed by atoms with Gasteiger partial charge in [0.15, 0.2) is 17.5 Å². The number of hydrogen-bond donors (Lipinski definition) is 0. The van der Waals surface area contributed by atoms with Crippen molar-refractivity contribution < 1.29 is 4.42 Å². The monoisotopic (exact) mass is 791 g/mol. The molecule has 0 aliphatic heterocycles. The molecular formula is C56H33N5O. The highest BCUT2D eigenvalue weighted by molar-refractivity contribution is 6.24. The Balaban J connectivity index is 0.900. The Kier molecular flexibility index (Phi) is 7.50. The van der Waals surface area contributed by atoms with Crippen LogP contribution in [-0.2, 0) is 0 Å². The molecule has 9 aromatic carbocycles. The lowest BCUT2D eigenvalue weighted by Crippen LogP contribution is -2.00. The molecule has 0 saturated heterocycles. The molecule has 0 fully saturated rings. The molecule has 13 rings (SSSR count). The van der Waals surface area contributed by atoms with Crippen LogP contribution in [0.2, 0.25) is 0 Å². The van der Waals surface area contributed by atoms with Crippen LogP contribution in [0.15, 0.2) is 205 Å². The molecule has 0 saturated carbocycles. The largest absolute Gasteiger partial charge is 0.456 e. The predicted octanol–water partition coefficient (Wildman–Crippen LogP) is 14.4. The van der Waals surface area contributed by atoms with Gasteiger partial charge in [-0.15, -0.1) is 0 Å². The first-order valence-electron chi connectivity index (χ1n) is 20.8. The van der Waals surface area contributed by atoms with Gasteiger partial charge < -0.3 is 4.42 Å². The summed E-state index contributed by atoms with van der Waals surface area (Å²) in [4.78, 5) is 20.3. The lowest BCUT2D eigenvalue weighted by atomic mass is 9.95. The van der Waals surface area contributed by atoms with Crippen molar-refractivity contribution in [1.82, 2.24) is 24.3 Å². The number of imidazole rings is 1. The van der Waals surface area contributed by atoms with E-state index in [0.717, 1.165) is 93.7 Å². The highest BCUT2D eigenvalue weighted by Gasteiger charge is 2.18. The van der Waals surface area contributed by atoms with Gasteiger partial charge in [0.2, 0.25) is 0 Å². The Bertz CT molecular complexity index is 3920. The van der Waals surface area contributed by atoms with Crippen LogP contribution in [0.3, 0.4) is 0 Å². The fourth-order valence-corrected chi connectivity index (χ4v) is 9.14. The normalized spacial score (nSPS) is 11.9. The Morgan fingerprint density at radius 2 is 0.903 bits per heavy atom. The highest BCUT2D eigenvalue weighted by Crippen LogP contribution is 2.39. The van der Waals surface area contributed by atoms with Gasteiger partial charge in [-0.25, -0.2) is 19.9 Å². The molecule has 0 N–H and O–H groups in total. The molecule has 0 unspecified atom stereocenters. The van der Waals surface area contributed by atoms with E-state index < -0.39 is 0 Å². The van der Waals surface area contributed by atoms with Crippen molar-refractivity contribution in [2.75, 3.05) is 0 Å². The SMILES string of the molecule is c1ccc(-c2nc(-c3ccc(-c4ccc5c(c4)c4ccccc4c4nc6cc(-c7ccc8oc9ccccc9c8c7)ccn6c54)cc3)nc(-c3ccc4ccccc4c3)n2)cc1. The van der Waals surface area contributed by atoms with Crippen LogP contribution in [0.5, 0.6) is 0 Å². The second-order valence-corrected chi connectivity index (χ2v) is 15.9. The summed E-state index contributed by atoms with van der Waals surface area (Å²) in [7, 11) is 0. The fourth-order valence-electron chi connectivity index (χ4n) is 9.14. The van der Waals surface area contributed by atoms with Gasteiger partial charge in [-0.05, 0) is 86.3 Å². The van der Waals surface area contributed by atoms with Crippen molar-refractivity contribution in [3.8, 4) is 56.4 Å². The first kappa shape index (κ1) is 34.4. The van der Waals surface area contributed by atoms with Gasteiger partial charge in [0.25, 0.3) is 0 Å². The van der Waals surface area contributed by atoms with Crippen molar-refractivity contribution in [3.05, 3.63) is 200 Å². The van der Waals surface area contributed by atoms with Crippen LogP contribution in [0.4, 0.5) is 0 Å². The molecule has 4 heterocycles. The van der Waals surface area contributed by atoms with Crippen molar-refractivity contribution in [1.29, 1.82) is 0 Å². The number of fused-ring (bicyclic) bond motifs is 12. The quantitative estimate of drug-likeness (QED) is 0.162. The summed E-state index contributed by atoms with van der Waals surface area (Å²) < 4.78 is 8.35. The number of aromatic nitrogens is 5. The van der Waals surface area contributed by atoms with E-state index in [0.29, 0.717) is 17.5 Å². The zero-order valence-electron chi connectivity index (χ0n) is 33.2. The zero-order chi connectivity index (χ0) is 40.7. The number of hydrogen-bond acceptors (Lipinski definition) is 5. The van der Waals surface area contributed by atoms with Crippen LogP contribution in [0, 0.1) is 0 Å². The van der Waals surface area contributed by atoms with E-state index in [1.165, 1.54) is 16.2 Å². The van der Waals surface area contributed by atoms with Crippen LogP contribution >= 0.6 is 0 Å². The second kappa shape index (κ2) is 13.5. The Morgan fingerprint density at radius 3 is 1.74 bits per heavy atom. The smallest absolute Gasteiger partial charge is 0.164 e. The number of nitrogens with zero attached hydrogens (tertiary/aromatic N) is 5. The van der Waals surface area contributed by atoms with Crippen LogP contribution in [0.25, 0.3) is 127 Å². The van der Waals surface area contributed by atoms with Crippen molar-refractivity contribution in [3.63, 3.8) is 0 Å². The topological polar surface area (TPSA) is 69.1 Å². The van der Waals surface area contributed by atoms with Gasteiger partial charge in [0.05, 0.1) is 11.0 Å². The molecular weight excluding hydrogens is 759 g/mol. The predicted molar refractivity (Wildman–Crippen MR) is 253 cm³/mol. The van der Waals surface area contributed by atoms with E-state index in [4.69, 9.17) is 24.4 Å². The maximum atomic E-state index is 6.12. The summed E-state index contributed by atoms with van der Waals surface area (Å²) in [6.07, 6.45) is 2.16. The lowest BCUT2D eigenvalue weighted by molar-refractivity contribution is 0.669. The molecule has 0 aliphatic rings. The third kappa shape index (κ3) is 5.51. The highest BCUT2D eigenvalue weighted by atomic mass is 16.3. The maximum Gasteiger partial charge on any atom is 0.164 e. The maximum absolute atomic E-state index is 6.12. The lowest BCUT2D eigenvalue weighted by Gasteiger charge is -2.11. The van der Waals surface area contributed by atoms with Gasteiger partial charge in [-0.2, -0.15) is 0 Å². The minimum atomic E-state index is 0.631. The molecule has 0 aliphatic carbocycles. The number of rotatable bonds is 5. The molecule has 0 atom stereocenters. The molecule has 288 valence electrons. The molecule has 6 heteroatoms. The Hall–Kier alpha value is -8.48. The molecule has 6 nitrogen and oxygen atoms in total. The number of furan rings is 1. The minimum absolute atomic E-state index is 0.631. The summed E-state index contributed by atoms with van der Waals surface area (Å²) in [5.41, 5.74) is 12.1. The zero-order valence-corrected chi connectivity index (χ0v) is 33.2. The summed E-state index contributed by atoms with van der Waals surface area (Å²) in [5.74, 6) is 1.92. The first-order valence-corrected chi connectivity index (χ1v) is 20.8. The van der Waals surface area contributed by atoms with E-state index in [9.17, 15) is 0 Å². The first-order chi connectivity index (χ1) is 30.7. The summed E-state index contributed by atoms with van der Waals surface area (Å²) in [6.45, 7) is 0. The molecule has 4 aromatic heterocycles. The van der Waals surface area contributed by atoms with E-state index in [1.54, 1.807) is 0 Å². The van der Waals surface area contributed by atoms with Crippen molar-refractivity contribution in [2.45, 2.75) is 0 Å². The van der Waals surface area contributed by atoms with Crippen LogP contribution in [-0.4, -0.2) is 24.3 Å². The number of pyridine rings is 1. The molecule has 62 heavy (non-hydrogen) atoms. The average Bonchev–Trinajstić information content (AvgIpc) is 3.92. The summed E-state index contributed by atoms with van der Waals surface area (Å²) in [6, 6.07) is 67.8. The third-order valence-electron chi connectivity index (χ3n) is 12.2. The molecule has 0 spiro atoms. The van der Waals surface area contributed by atoms with Gasteiger partial charge in [-0.1, -0.05) is 152 Å². The van der Waals surface area contributed by atoms with Crippen molar-refractivity contribution >= 4 is 70.9 Å². The van der Waals surface area contributed by atoms with Crippen molar-refractivity contribution in [2.24, 2.45) is 0 Å². The Labute approximate surface area is 355 Å². The van der Waals surface area contributed by atoms with Crippen LogP contribution < -0.4 is 0 Å². The third-order valence-corrected chi connectivity index (χ3v) is 12.2. The minimum Gasteiger partial charge on any atom is -0.456 e. The number of para-hydroxylation sites is 1. The van der Waals surface area contributed by atoms with Gasteiger partial charge in [0.1, 0.15) is 16.8 Å². The standard InChI is InChI=1S/C56H33N5O/c1-2-11-36(12-3-1)54-58-55(60-56(59-54)42-23-20-34-10-4-5-13-38(34)30-42)37-21-18-35(19-22-37)39-24-26-46-47(31-39)43-14-6-7-16-45(43)52-53(46)61-29-28-41(33-51(61)57-52)40-25-27-50-48(32-40)44-15-8-9-17-49(44)62-50/h1-33H. The Morgan fingerprint density at radius 1 is 0.323 bits per heavy atom. The van der Waals surface area contributed by atoms with Gasteiger partial charge in [-0.3, -0.25) is 4.40 Å². The van der Waals surface area contributed by atoms with E-state index in [1.807, 2.05) is 42.5 Å². The molecule has 0 radical (unpaired) electrons. The second-order valence-electron chi connectivity index (χ2n) is 15.9.